The van der Waals surface area contributed by atoms with Crippen LogP contribution in [0.25, 0.3) is 10.2 Å². The van der Waals surface area contributed by atoms with Gasteiger partial charge in [0.2, 0.25) is 0 Å². The van der Waals surface area contributed by atoms with Crippen molar-refractivity contribution >= 4 is 38.9 Å². The summed E-state index contributed by atoms with van der Waals surface area (Å²) < 4.78 is 1.70. The maximum atomic E-state index is 13.2. The van der Waals surface area contributed by atoms with E-state index in [0.717, 1.165) is 35.0 Å². The first-order valence-electron chi connectivity index (χ1n) is 8.81. The zero-order valence-corrected chi connectivity index (χ0v) is 16.1. The molecule has 0 bridgehead atoms. The van der Waals surface area contributed by atoms with Crippen LogP contribution in [0.5, 0.6) is 0 Å². The number of aromatic nitrogens is 2. The molecule has 2 aromatic heterocycles. The van der Waals surface area contributed by atoms with Crippen LogP contribution in [0.15, 0.2) is 29.1 Å². The van der Waals surface area contributed by atoms with Crippen molar-refractivity contribution in [2.24, 2.45) is 0 Å². The lowest BCUT2D eigenvalue weighted by molar-refractivity contribution is -0.117. The fourth-order valence-corrected chi connectivity index (χ4v) is 4.94. The summed E-state index contributed by atoms with van der Waals surface area (Å²) in [6.07, 6.45) is 3.98. The Balaban J connectivity index is 1.83. The molecule has 1 aliphatic rings. The van der Waals surface area contributed by atoms with Crippen LogP contribution in [0, 0.1) is 0 Å². The Morgan fingerprint density at radius 1 is 1.27 bits per heavy atom. The zero-order valence-electron chi connectivity index (χ0n) is 14.5. The van der Waals surface area contributed by atoms with Crippen LogP contribution in [0.2, 0.25) is 5.02 Å². The van der Waals surface area contributed by atoms with Crippen molar-refractivity contribution in [3.8, 4) is 0 Å². The van der Waals surface area contributed by atoms with Crippen LogP contribution in [-0.4, -0.2) is 15.3 Å². The maximum absolute atomic E-state index is 13.2. The molecule has 1 aromatic carbocycles. The van der Waals surface area contributed by atoms with Crippen molar-refractivity contribution in [3.63, 3.8) is 0 Å². The number of rotatable bonds is 5. The van der Waals surface area contributed by atoms with Crippen LogP contribution < -0.4 is 5.56 Å². The van der Waals surface area contributed by atoms with Crippen LogP contribution in [0.3, 0.4) is 0 Å². The van der Waals surface area contributed by atoms with Gasteiger partial charge < -0.3 is 0 Å². The molecule has 1 aliphatic carbocycles. The molecule has 0 N–H and O–H groups in total. The van der Waals surface area contributed by atoms with Crippen LogP contribution in [-0.2, 0) is 30.6 Å². The van der Waals surface area contributed by atoms with Crippen molar-refractivity contribution in [1.82, 2.24) is 9.55 Å². The first-order valence-corrected chi connectivity index (χ1v) is 10.00. The minimum Gasteiger partial charge on any atom is -0.300 e. The van der Waals surface area contributed by atoms with Gasteiger partial charge in [-0.3, -0.25) is 14.2 Å². The predicted molar refractivity (Wildman–Crippen MR) is 105 cm³/mol. The summed E-state index contributed by atoms with van der Waals surface area (Å²) in [6, 6.07) is 7.57. The van der Waals surface area contributed by atoms with Gasteiger partial charge in [-0.15, -0.1) is 11.3 Å². The molecule has 0 aliphatic heterocycles. The minimum absolute atomic E-state index is 0.000358. The van der Waals surface area contributed by atoms with E-state index in [-0.39, 0.29) is 11.3 Å². The molecule has 0 atom stereocenters. The van der Waals surface area contributed by atoms with E-state index in [4.69, 9.17) is 16.6 Å². The molecule has 0 saturated heterocycles. The lowest BCUT2D eigenvalue weighted by Gasteiger charge is -2.12. The standard InChI is InChI=1S/C20H19ClN2O2S/c1-12(24)9-10-23-17(11-13-5-7-14(21)8-6-13)22-19-18(20(23)25)15-3-2-4-16(15)26-19/h5-8H,2-4,9-11H2,1H3. The number of carbonyl (C=O) groups excluding carboxylic acids is 1. The van der Waals surface area contributed by atoms with Gasteiger partial charge in [0.05, 0.1) is 5.39 Å². The fourth-order valence-electron chi connectivity index (χ4n) is 3.54. The molecule has 4 nitrogen and oxygen atoms in total. The quantitative estimate of drug-likeness (QED) is 0.661. The molecule has 3 aromatic rings. The number of Topliss-reactive ketones (excluding diaryl/α,β-unsaturated/α-hetero) is 1. The smallest absolute Gasteiger partial charge is 0.262 e. The van der Waals surface area contributed by atoms with Gasteiger partial charge in [-0.1, -0.05) is 23.7 Å². The van der Waals surface area contributed by atoms with Crippen molar-refractivity contribution in [2.45, 2.75) is 45.6 Å². The number of carbonyl (C=O) groups is 1. The SMILES string of the molecule is CC(=O)CCn1c(Cc2ccc(Cl)cc2)nc2sc3c(c2c1=O)CCC3. The maximum Gasteiger partial charge on any atom is 0.262 e. The van der Waals surface area contributed by atoms with Gasteiger partial charge >= 0.3 is 0 Å². The molecule has 26 heavy (non-hydrogen) atoms. The number of halogens is 1. The molecule has 134 valence electrons. The number of ketones is 1. The number of thiophene rings is 1. The van der Waals surface area contributed by atoms with E-state index in [1.807, 2.05) is 24.3 Å². The van der Waals surface area contributed by atoms with Gasteiger partial charge in [-0.2, -0.15) is 0 Å². The molecule has 0 fully saturated rings. The highest BCUT2D eigenvalue weighted by molar-refractivity contribution is 7.18. The summed E-state index contributed by atoms with van der Waals surface area (Å²) in [6.45, 7) is 1.93. The average molecular weight is 387 g/mol. The second-order valence-corrected chi connectivity index (χ2v) is 8.30. The van der Waals surface area contributed by atoms with Crippen LogP contribution in [0.1, 0.15) is 41.6 Å². The van der Waals surface area contributed by atoms with Gasteiger partial charge in [0.1, 0.15) is 16.4 Å². The second kappa shape index (κ2) is 6.97. The first kappa shape index (κ1) is 17.4. The summed E-state index contributed by atoms with van der Waals surface area (Å²) in [7, 11) is 0. The lowest BCUT2D eigenvalue weighted by Crippen LogP contribution is -2.26. The first-order chi connectivity index (χ1) is 12.5. The van der Waals surface area contributed by atoms with E-state index in [0.29, 0.717) is 30.2 Å². The Morgan fingerprint density at radius 3 is 2.77 bits per heavy atom. The van der Waals surface area contributed by atoms with Crippen LogP contribution >= 0.6 is 22.9 Å². The van der Waals surface area contributed by atoms with Crippen molar-refractivity contribution in [3.05, 3.63) is 61.5 Å². The molecular formula is C20H19ClN2O2S. The fraction of sp³-hybridized carbons (Fsp3) is 0.350. The largest absolute Gasteiger partial charge is 0.300 e. The van der Waals surface area contributed by atoms with E-state index < -0.39 is 0 Å². The summed E-state index contributed by atoms with van der Waals surface area (Å²) in [5.74, 6) is 0.788. The Hall–Kier alpha value is -1.98. The molecule has 6 heteroatoms. The summed E-state index contributed by atoms with van der Waals surface area (Å²) >= 11 is 7.62. The van der Waals surface area contributed by atoms with Gasteiger partial charge in [-0.25, -0.2) is 4.98 Å². The highest BCUT2D eigenvalue weighted by atomic mass is 35.5. The van der Waals surface area contributed by atoms with Gasteiger partial charge in [0, 0.05) is 29.3 Å². The summed E-state index contributed by atoms with van der Waals surface area (Å²) in [5, 5.41) is 1.45. The number of fused-ring (bicyclic) bond motifs is 3. The normalized spacial score (nSPS) is 13.3. The topological polar surface area (TPSA) is 52.0 Å². The third-order valence-corrected chi connectivity index (χ3v) is 6.30. The summed E-state index contributed by atoms with van der Waals surface area (Å²) in [4.78, 5) is 31.7. The molecule has 0 amide bonds. The number of aryl methyl sites for hydroxylation is 2. The third kappa shape index (κ3) is 3.21. The van der Waals surface area contributed by atoms with Gasteiger partial charge in [-0.05, 0) is 49.4 Å². The highest BCUT2D eigenvalue weighted by Crippen LogP contribution is 2.35. The molecule has 0 unspecified atom stereocenters. The lowest BCUT2D eigenvalue weighted by atomic mass is 10.1. The second-order valence-electron chi connectivity index (χ2n) is 6.78. The number of hydrogen-bond donors (Lipinski definition) is 0. The van der Waals surface area contributed by atoms with E-state index in [2.05, 4.69) is 0 Å². The predicted octanol–water partition coefficient (Wildman–Crippen LogP) is 4.17. The monoisotopic (exact) mass is 386 g/mol. The third-order valence-electron chi connectivity index (χ3n) is 4.87. The molecule has 4 rings (SSSR count). The molecule has 0 saturated carbocycles. The minimum atomic E-state index is -0.000358. The van der Waals surface area contributed by atoms with E-state index >= 15 is 0 Å². The zero-order chi connectivity index (χ0) is 18.3. The Morgan fingerprint density at radius 2 is 2.04 bits per heavy atom. The average Bonchev–Trinajstić information content (AvgIpc) is 3.16. The van der Waals surface area contributed by atoms with Crippen molar-refractivity contribution in [1.29, 1.82) is 0 Å². The molecule has 2 heterocycles. The number of nitrogens with zero attached hydrogens (tertiary/aromatic N) is 2. The van der Waals surface area contributed by atoms with Crippen molar-refractivity contribution < 1.29 is 4.79 Å². The molecule has 0 radical (unpaired) electrons. The van der Waals surface area contributed by atoms with Crippen molar-refractivity contribution in [2.75, 3.05) is 0 Å². The summed E-state index contributed by atoms with van der Waals surface area (Å²) in [5.41, 5.74) is 2.22. The van der Waals surface area contributed by atoms with E-state index in [9.17, 15) is 9.59 Å². The molecule has 0 spiro atoms. The molecular weight excluding hydrogens is 368 g/mol. The van der Waals surface area contributed by atoms with E-state index in [1.165, 1.54) is 10.4 Å². The Kier molecular flexibility index (Phi) is 4.67. The van der Waals surface area contributed by atoms with Gasteiger partial charge in [0.25, 0.3) is 5.56 Å². The highest BCUT2D eigenvalue weighted by Gasteiger charge is 2.23. The number of benzene rings is 1. The number of hydrogen-bond acceptors (Lipinski definition) is 4. The Bertz CT molecular complexity index is 1050. The van der Waals surface area contributed by atoms with Crippen LogP contribution in [0.4, 0.5) is 0 Å². The van der Waals surface area contributed by atoms with Gasteiger partial charge in [0.15, 0.2) is 0 Å². The van der Waals surface area contributed by atoms with E-state index in [1.54, 1.807) is 22.8 Å². The Labute approximate surface area is 160 Å².